The van der Waals surface area contributed by atoms with Gasteiger partial charge >= 0.3 is 0 Å². The van der Waals surface area contributed by atoms with Crippen molar-refractivity contribution in [3.63, 3.8) is 0 Å². The molecule has 22 heavy (non-hydrogen) atoms. The highest BCUT2D eigenvalue weighted by atomic mass is 16.8. The van der Waals surface area contributed by atoms with Crippen LogP contribution in [0.4, 0.5) is 11.4 Å². The molecule has 0 aromatic heterocycles. The molecular weight excluding hydrogens is 276 g/mol. The minimum atomic E-state index is 0.488. The van der Waals surface area contributed by atoms with Crippen LogP contribution in [-0.2, 0) is 0 Å². The first kappa shape index (κ1) is 14.0. The zero-order chi connectivity index (χ0) is 15.2. The number of nitrogens with zero attached hydrogens (tertiary/aromatic N) is 2. The van der Waals surface area contributed by atoms with Gasteiger partial charge in [-0.25, -0.2) is 0 Å². The van der Waals surface area contributed by atoms with Crippen molar-refractivity contribution >= 4 is 11.4 Å². The normalized spacial score (nSPS) is 10.0. The van der Waals surface area contributed by atoms with E-state index in [0.717, 1.165) is 5.17 Å². The van der Waals surface area contributed by atoms with Crippen molar-refractivity contribution in [2.75, 3.05) is 10.3 Å². The molecule has 0 N–H and O–H groups in total. The van der Waals surface area contributed by atoms with Gasteiger partial charge in [0.2, 0.25) is 0 Å². The molecule has 0 aliphatic rings. The zero-order valence-electron chi connectivity index (χ0n) is 11.9. The molecule has 0 saturated heterocycles. The van der Waals surface area contributed by atoms with Crippen LogP contribution in [0.3, 0.4) is 0 Å². The Morgan fingerprint density at radius 3 is 1.59 bits per heavy atom. The van der Waals surface area contributed by atoms with Gasteiger partial charge in [0.25, 0.3) is 0 Å². The van der Waals surface area contributed by atoms with Gasteiger partial charge in [0.15, 0.2) is 5.75 Å². The molecule has 0 atom stereocenters. The Balaban J connectivity index is 1.93. The first-order valence-corrected chi connectivity index (χ1v) is 6.95. The van der Waals surface area contributed by atoms with Gasteiger partial charge < -0.3 is 15.2 Å². The summed E-state index contributed by atoms with van der Waals surface area (Å²) < 4.78 is 0. The van der Waals surface area contributed by atoms with Gasteiger partial charge in [-0.1, -0.05) is 54.6 Å². The topological polar surface area (TPSA) is 38.8 Å². The molecule has 0 fully saturated rings. The lowest BCUT2D eigenvalue weighted by Crippen LogP contribution is -2.41. The number of hydrogen-bond donors (Lipinski definition) is 0. The Morgan fingerprint density at radius 2 is 1.05 bits per heavy atom. The highest BCUT2D eigenvalue weighted by Gasteiger charge is 2.11. The van der Waals surface area contributed by atoms with Crippen LogP contribution in [0, 0.1) is 5.21 Å². The van der Waals surface area contributed by atoms with Crippen LogP contribution in [0.25, 0.3) is 0 Å². The Bertz CT molecular complexity index is 690. The van der Waals surface area contributed by atoms with E-state index in [4.69, 9.17) is 4.84 Å². The van der Waals surface area contributed by atoms with Crippen LogP contribution >= 0.6 is 0 Å². The molecule has 0 aliphatic heterocycles. The molecule has 4 heteroatoms. The summed E-state index contributed by atoms with van der Waals surface area (Å²) in [6, 6.07) is 27.4. The summed E-state index contributed by atoms with van der Waals surface area (Å²) in [6.07, 6.45) is 0. The second-order valence-electron chi connectivity index (χ2n) is 4.62. The summed E-state index contributed by atoms with van der Waals surface area (Å²) in [6.45, 7) is 0. The van der Waals surface area contributed by atoms with E-state index in [1.54, 1.807) is 24.3 Å². The number of benzene rings is 3. The number of hydrogen-bond acceptors (Lipinski definition) is 4. The van der Waals surface area contributed by atoms with Crippen molar-refractivity contribution < 1.29 is 4.84 Å². The summed E-state index contributed by atoms with van der Waals surface area (Å²) in [4.78, 5) is 5.76. The number of anilines is 2. The Morgan fingerprint density at radius 1 is 0.591 bits per heavy atom. The average Bonchev–Trinajstić information content (AvgIpc) is 2.61. The Kier molecular flexibility index (Phi) is 4.22. The molecule has 3 rings (SSSR count). The summed E-state index contributed by atoms with van der Waals surface area (Å²) in [5, 5.41) is 14.6. The first-order valence-electron chi connectivity index (χ1n) is 6.95. The monoisotopic (exact) mass is 291 g/mol. The maximum absolute atomic E-state index is 12.7. The molecule has 3 aromatic rings. The van der Waals surface area contributed by atoms with Crippen molar-refractivity contribution in [1.29, 1.82) is 0 Å². The van der Waals surface area contributed by atoms with Crippen LogP contribution in [-0.4, -0.2) is 0 Å². The van der Waals surface area contributed by atoms with Crippen LogP contribution in [0.2, 0.25) is 0 Å². The summed E-state index contributed by atoms with van der Waals surface area (Å²) in [5.74, 6) is 0.586. The third-order valence-corrected chi connectivity index (χ3v) is 3.05. The van der Waals surface area contributed by atoms with Gasteiger partial charge in [0.05, 0.1) is 5.69 Å². The van der Waals surface area contributed by atoms with Gasteiger partial charge in [0.1, 0.15) is 0 Å². The highest BCUT2D eigenvalue weighted by molar-refractivity contribution is 5.56. The van der Waals surface area contributed by atoms with Gasteiger partial charge in [-0.15, -0.1) is 5.17 Å². The molecule has 0 aliphatic carbocycles. The maximum Gasteiger partial charge on any atom is 0.157 e. The van der Waals surface area contributed by atoms with E-state index >= 15 is 0 Å². The molecule has 0 saturated carbocycles. The quantitative estimate of drug-likeness (QED) is 0.653. The molecule has 3 aromatic carbocycles. The Labute approximate surface area is 129 Å². The molecular formula is C18H15N2O2-. The lowest BCUT2D eigenvalue weighted by atomic mass is 10.3. The van der Waals surface area contributed by atoms with E-state index in [1.165, 1.54) is 5.17 Å². The standard InChI is InChI=1S/C18H15N2O2/c21-19(16-10-4-1-5-11-16)20(17-12-6-2-7-13-17)22-18-14-8-3-9-15-18/h1-15H/q-1. The van der Waals surface area contributed by atoms with Crippen molar-refractivity contribution in [2.45, 2.75) is 0 Å². The molecule has 110 valence electrons. The van der Waals surface area contributed by atoms with E-state index in [0.29, 0.717) is 17.1 Å². The second kappa shape index (κ2) is 6.65. The average molecular weight is 291 g/mol. The summed E-state index contributed by atoms with van der Waals surface area (Å²) in [7, 11) is 0. The summed E-state index contributed by atoms with van der Waals surface area (Å²) >= 11 is 0. The fourth-order valence-corrected chi connectivity index (χ4v) is 1.99. The number of para-hydroxylation sites is 3. The molecule has 0 bridgehead atoms. The minimum Gasteiger partial charge on any atom is -0.736 e. The molecule has 0 radical (unpaired) electrons. The van der Waals surface area contributed by atoms with Gasteiger partial charge in [-0.05, 0) is 36.4 Å². The number of hydrazine groups is 1. The predicted octanol–water partition coefficient (Wildman–Crippen LogP) is 4.41. The lowest BCUT2D eigenvalue weighted by molar-refractivity contribution is 0.278. The zero-order valence-corrected chi connectivity index (χ0v) is 11.9. The van der Waals surface area contributed by atoms with E-state index in [1.807, 2.05) is 66.7 Å². The third-order valence-electron chi connectivity index (χ3n) is 3.05. The highest BCUT2D eigenvalue weighted by Crippen LogP contribution is 2.23. The summed E-state index contributed by atoms with van der Waals surface area (Å²) in [5.41, 5.74) is 1.13. The fourth-order valence-electron chi connectivity index (χ4n) is 1.99. The molecule has 0 heterocycles. The van der Waals surface area contributed by atoms with Gasteiger partial charge in [-0.2, -0.15) is 0 Å². The van der Waals surface area contributed by atoms with Crippen LogP contribution in [0.5, 0.6) is 5.75 Å². The molecule has 0 amide bonds. The van der Waals surface area contributed by atoms with E-state index < -0.39 is 0 Å². The van der Waals surface area contributed by atoms with Crippen molar-refractivity contribution in [3.8, 4) is 5.75 Å². The largest absolute Gasteiger partial charge is 0.736 e. The van der Waals surface area contributed by atoms with Crippen LogP contribution in [0.1, 0.15) is 0 Å². The molecule has 0 unspecified atom stereocenters. The minimum absolute atomic E-state index is 0.488. The Hall–Kier alpha value is -2.98. The second-order valence-corrected chi connectivity index (χ2v) is 4.62. The first-order chi connectivity index (χ1) is 10.8. The van der Waals surface area contributed by atoms with Crippen LogP contribution in [0.15, 0.2) is 91.0 Å². The maximum atomic E-state index is 12.7. The van der Waals surface area contributed by atoms with Crippen LogP contribution < -0.4 is 15.2 Å². The van der Waals surface area contributed by atoms with E-state index in [9.17, 15) is 5.21 Å². The van der Waals surface area contributed by atoms with Crippen molar-refractivity contribution in [2.24, 2.45) is 0 Å². The predicted molar refractivity (Wildman–Crippen MR) is 88.3 cm³/mol. The lowest BCUT2D eigenvalue weighted by Gasteiger charge is -2.40. The van der Waals surface area contributed by atoms with E-state index in [2.05, 4.69) is 0 Å². The van der Waals surface area contributed by atoms with Crippen molar-refractivity contribution in [1.82, 2.24) is 0 Å². The third kappa shape index (κ3) is 3.19. The molecule has 4 nitrogen and oxygen atoms in total. The van der Waals surface area contributed by atoms with E-state index in [-0.39, 0.29) is 0 Å². The smallest absolute Gasteiger partial charge is 0.157 e. The fraction of sp³-hybridized carbons (Fsp3) is 0. The number of rotatable bonds is 5. The SMILES string of the molecule is [O-]N(c1ccccc1)N(Oc1ccccc1)c1ccccc1. The van der Waals surface area contributed by atoms with Gasteiger partial charge in [-0.3, -0.25) is 0 Å². The van der Waals surface area contributed by atoms with Gasteiger partial charge in [0, 0.05) is 5.69 Å². The van der Waals surface area contributed by atoms with Crippen molar-refractivity contribution in [3.05, 3.63) is 96.2 Å². The molecule has 0 spiro atoms.